The van der Waals surface area contributed by atoms with E-state index in [2.05, 4.69) is 71.6 Å². The zero-order valence-electron chi connectivity index (χ0n) is 24.5. The van der Waals surface area contributed by atoms with Crippen molar-refractivity contribution in [2.24, 2.45) is 10.5 Å². The van der Waals surface area contributed by atoms with E-state index >= 15 is 0 Å². The van der Waals surface area contributed by atoms with Gasteiger partial charge >= 0.3 is 0 Å². The van der Waals surface area contributed by atoms with Gasteiger partial charge in [-0.1, -0.05) is 29.3 Å². The number of rotatable bonds is 11. The summed E-state index contributed by atoms with van der Waals surface area (Å²) < 4.78 is 0. The molecule has 0 saturated heterocycles. The summed E-state index contributed by atoms with van der Waals surface area (Å²) in [4.78, 5) is 20.9. The van der Waals surface area contributed by atoms with Crippen LogP contribution in [-0.2, 0) is 17.6 Å². The predicted molar refractivity (Wildman–Crippen MR) is 165 cm³/mol. The number of hydrogen-bond donors (Lipinski definition) is 2. The summed E-state index contributed by atoms with van der Waals surface area (Å²) in [5.41, 5.74) is 9.83. The van der Waals surface area contributed by atoms with E-state index in [0.717, 1.165) is 55.6 Å². The van der Waals surface area contributed by atoms with Gasteiger partial charge in [-0.3, -0.25) is 9.78 Å². The Morgan fingerprint density at radius 1 is 0.950 bits per heavy atom. The first kappa shape index (κ1) is 27.8. The lowest BCUT2D eigenvalue weighted by atomic mass is 9.83. The quantitative estimate of drug-likeness (QED) is 0.213. The van der Waals surface area contributed by atoms with E-state index < -0.39 is 5.41 Å². The third kappa shape index (κ3) is 5.73. The zero-order valence-corrected chi connectivity index (χ0v) is 24.5. The highest BCUT2D eigenvalue weighted by Crippen LogP contribution is 2.36. The molecule has 40 heavy (non-hydrogen) atoms. The second-order valence-corrected chi connectivity index (χ2v) is 11.5. The van der Waals surface area contributed by atoms with E-state index in [-0.39, 0.29) is 5.91 Å². The van der Waals surface area contributed by atoms with Gasteiger partial charge < -0.3 is 10.3 Å². The van der Waals surface area contributed by atoms with Crippen LogP contribution in [0.1, 0.15) is 61.4 Å². The molecule has 1 aliphatic rings. The van der Waals surface area contributed by atoms with Crippen molar-refractivity contribution < 1.29 is 4.79 Å². The molecule has 0 radical (unpaired) electrons. The normalized spacial score (nSPS) is 14.8. The molecule has 208 valence electrons. The van der Waals surface area contributed by atoms with E-state index in [9.17, 15) is 4.79 Å². The number of aryl methyl sites for hydroxylation is 3. The second kappa shape index (κ2) is 11.8. The Labute approximate surface area is 237 Å². The lowest BCUT2D eigenvalue weighted by Crippen LogP contribution is -2.34. The molecule has 0 atom stereocenters. The molecule has 4 aromatic rings. The smallest absolute Gasteiger partial charge is 0.254 e. The first-order valence-electron chi connectivity index (χ1n) is 14.5. The van der Waals surface area contributed by atoms with Crippen LogP contribution in [0.3, 0.4) is 0 Å². The summed E-state index contributed by atoms with van der Waals surface area (Å²) in [6.45, 7) is 12.7. The van der Waals surface area contributed by atoms with E-state index in [0.29, 0.717) is 6.54 Å². The van der Waals surface area contributed by atoms with Crippen molar-refractivity contribution in [2.75, 3.05) is 19.6 Å². The SMILES string of the molecule is CCN1N=C(c2ccc3[nH]c(-c4cc(C)cc(C)c4)c(CCNCCCCc4cccnc4)c3c2)C(C)(C)C1=O. The number of benzene rings is 2. The molecule has 1 aliphatic heterocycles. The van der Waals surface area contributed by atoms with Gasteiger partial charge in [0.25, 0.3) is 5.91 Å². The Morgan fingerprint density at radius 3 is 2.45 bits per heavy atom. The van der Waals surface area contributed by atoms with Crippen LogP contribution in [0.5, 0.6) is 0 Å². The minimum absolute atomic E-state index is 0.0584. The molecule has 2 aromatic carbocycles. The molecule has 0 unspecified atom stereocenters. The lowest BCUT2D eigenvalue weighted by molar-refractivity contribution is -0.134. The maximum absolute atomic E-state index is 12.9. The van der Waals surface area contributed by atoms with Crippen LogP contribution in [0.25, 0.3) is 22.2 Å². The predicted octanol–water partition coefficient (Wildman–Crippen LogP) is 6.59. The largest absolute Gasteiger partial charge is 0.354 e. The molecule has 1 amide bonds. The van der Waals surface area contributed by atoms with Gasteiger partial charge in [0.15, 0.2) is 0 Å². The summed E-state index contributed by atoms with van der Waals surface area (Å²) in [6.07, 6.45) is 8.04. The first-order chi connectivity index (χ1) is 19.3. The van der Waals surface area contributed by atoms with Crippen LogP contribution in [0.15, 0.2) is 66.0 Å². The molecular formula is C34H41N5O. The van der Waals surface area contributed by atoms with Crippen LogP contribution < -0.4 is 5.32 Å². The zero-order chi connectivity index (χ0) is 28.3. The van der Waals surface area contributed by atoms with Crippen LogP contribution in [0.4, 0.5) is 0 Å². The van der Waals surface area contributed by atoms with Gasteiger partial charge in [0.1, 0.15) is 0 Å². The van der Waals surface area contributed by atoms with Crippen molar-refractivity contribution in [2.45, 2.75) is 60.3 Å². The lowest BCUT2D eigenvalue weighted by Gasteiger charge is -2.19. The average molecular weight is 536 g/mol. The van der Waals surface area contributed by atoms with Gasteiger partial charge in [0, 0.05) is 35.5 Å². The summed E-state index contributed by atoms with van der Waals surface area (Å²) in [5.74, 6) is 0.0584. The molecule has 2 aromatic heterocycles. The van der Waals surface area contributed by atoms with Crippen molar-refractivity contribution in [3.8, 4) is 11.3 Å². The maximum Gasteiger partial charge on any atom is 0.254 e. The molecule has 0 spiro atoms. The number of nitrogens with one attached hydrogen (secondary N) is 2. The molecule has 6 heteroatoms. The van der Waals surface area contributed by atoms with Crippen LogP contribution in [0.2, 0.25) is 0 Å². The summed E-state index contributed by atoms with van der Waals surface area (Å²) >= 11 is 0. The highest BCUT2D eigenvalue weighted by Gasteiger charge is 2.43. The molecule has 6 nitrogen and oxygen atoms in total. The summed E-state index contributed by atoms with van der Waals surface area (Å²) in [5, 5.41) is 11.2. The number of aromatic amines is 1. The maximum atomic E-state index is 12.9. The third-order valence-electron chi connectivity index (χ3n) is 7.91. The number of hydrazone groups is 1. The number of hydrogen-bond acceptors (Lipinski definition) is 4. The Morgan fingerprint density at radius 2 is 1.75 bits per heavy atom. The summed E-state index contributed by atoms with van der Waals surface area (Å²) in [6, 6.07) is 17.4. The molecule has 0 saturated carbocycles. The van der Waals surface area contributed by atoms with E-state index in [4.69, 9.17) is 5.10 Å². The van der Waals surface area contributed by atoms with Gasteiger partial charge in [0.05, 0.1) is 11.1 Å². The summed E-state index contributed by atoms with van der Waals surface area (Å²) in [7, 11) is 0. The number of amides is 1. The Bertz CT molecular complexity index is 1510. The van der Waals surface area contributed by atoms with Gasteiger partial charge in [-0.05, 0) is 126 Å². The number of aromatic nitrogens is 2. The number of pyridine rings is 1. The highest BCUT2D eigenvalue weighted by molar-refractivity contribution is 6.20. The second-order valence-electron chi connectivity index (χ2n) is 11.5. The Kier molecular flexibility index (Phi) is 8.17. The molecule has 3 heterocycles. The van der Waals surface area contributed by atoms with Gasteiger partial charge in [0.2, 0.25) is 0 Å². The highest BCUT2D eigenvalue weighted by atomic mass is 16.2. The fourth-order valence-electron chi connectivity index (χ4n) is 5.83. The molecule has 0 aliphatic carbocycles. The minimum atomic E-state index is -0.645. The van der Waals surface area contributed by atoms with Crippen molar-refractivity contribution in [1.82, 2.24) is 20.3 Å². The standard InChI is InChI=1S/C34H41N5O/c1-6-39-33(40)34(4,5)32(38-39)26-12-13-30-29(21-26)28(31(37-30)27-19-23(2)18-24(3)20-27)14-17-35-15-8-7-10-25-11-9-16-36-22-25/h9,11-13,16,18-22,35,37H,6-8,10,14-15,17H2,1-5H3. The van der Waals surface area contributed by atoms with E-state index in [1.165, 1.54) is 38.9 Å². The molecule has 2 N–H and O–H groups in total. The van der Waals surface area contributed by atoms with Gasteiger partial charge in [-0.15, -0.1) is 0 Å². The number of carbonyl (C=O) groups is 1. The number of unbranched alkanes of at least 4 members (excludes halogenated alkanes) is 1. The molecular weight excluding hydrogens is 494 g/mol. The van der Waals surface area contributed by atoms with Crippen molar-refractivity contribution in [3.63, 3.8) is 0 Å². The van der Waals surface area contributed by atoms with Gasteiger partial charge in [-0.2, -0.15) is 5.10 Å². The fourth-order valence-corrected chi connectivity index (χ4v) is 5.83. The molecule has 0 bridgehead atoms. The molecule has 0 fully saturated rings. The van der Waals surface area contributed by atoms with E-state index in [1.54, 1.807) is 5.01 Å². The van der Waals surface area contributed by atoms with Crippen LogP contribution in [0, 0.1) is 19.3 Å². The number of H-pyrrole nitrogens is 1. The van der Waals surface area contributed by atoms with Gasteiger partial charge in [-0.25, -0.2) is 5.01 Å². The average Bonchev–Trinajstić information content (AvgIpc) is 3.41. The van der Waals surface area contributed by atoms with Crippen molar-refractivity contribution in [1.29, 1.82) is 0 Å². The van der Waals surface area contributed by atoms with Crippen LogP contribution >= 0.6 is 0 Å². The number of nitrogens with zero attached hydrogens (tertiary/aromatic N) is 3. The monoisotopic (exact) mass is 535 g/mol. The minimum Gasteiger partial charge on any atom is -0.354 e. The molecule has 5 rings (SSSR count). The van der Waals surface area contributed by atoms with Crippen LogP contribution in [-0.4, -0.2) is 46.2 Å². The number of fused-ring (bicyclic) bond motifs is 1. The van der Waals surface area contributed by atoms with Crippen molar-refractivity contribution in [3.05, 3.63) is 88.7 Å². The fraction of sp³-hybridized carbons (Fsp3) is 0.382. The Hall–Kier alpha value is -3.77. The first-order valence-corrected chi connectivity index (χ1v) is 14.5. The number of carbonyl (C=O) groups excluding carboxylic acids is 1. The van der Waals surface area contributed by atoms with Crippen molar-refractivity contribution >= 4 is 22.5 Å². The van der Waals surface area contributed by atoms with E-state index in [1.807, 2.05) is 39.2 Å². The topological polar surface area (TPSA) is 73.4 Å². The Balaban J connectivity index is 1.39. The third-order valence-corrected chi connectivity index (χ3v) is 7.91.